The molecule has 104 valence electrons. The van der Waals surface area contributed by atoms with Gasteiger partial charge in [0.15, 0.2) is 5.96 Å². The summed E-state index contributed by atoms with van der Waals surface area (Å²) in [6, 6.07) is 0. The van der Waals surface area contributed by atoms with Crippen LogP contribution in [0.5, 0.6) is 0 Å². The van der Waals surface area contributed by atoms with E-state index < -0.39 is 0 Å². The third kappa shape index (κ3) is 5.99. The Balaban J connectivity index is 0.00000289. The Labute approximate surface area is 131 Å². The fraction of sp³-hybridized carbons (Fsp3) is 0.667. The molecule has 1 aromatic rings. The van der Waals surface area contributed by atoms with Gasteiger partial charge in [0.2, 0.25) is 0 Å². The quantitative estimate of drug-likeness (QED) is 0.468. The normalized spacial score (nSPS) is 11.3. The topological polar surface area (TPSA) is 49.3 Å². The minimum absolute atomic E-state index is 0. The average Bonchev–Trinajstić information content (AvgIpc) is 2.78. The lowest BCUT2D eigenvalue weighted by atomic mass is 10.2. The number of rotatable bonds is 5. The van der Waals surface area contributed by atoms with E-state index in [1.807, 2.05) is 0 Å². The lowest BCUT2D eigenvalue weighted by Gasteiger charge is -2.09. The van der Waals surface area contributed by atoms with Crippen molar-refractivity contribution in [1.82, 2.24) is 15.6 Å². The molecule has 1 heterocycles. The molecule has 4 nitrogen and oxygen atoms in total. The SMILES string of the molecule is CCCNC(=NC)NCc1csc(C(C)C)n1.I. The number of hydrogen-bond acceptors (Lipinski definition) is 3. The molecule has 1 rings (SSSR count). The molecule has 0 spiro atoms. The lowest BCUT2D eigenvalue weighted by molar-refractivity contribution is 0.767. The monoisotopic (exact) mass is 382 g/mol. The van der Waals surface area contributed by atoms with Gasteiger partial charge < -0.3 is 10.6 Å². The second kappa shape index (κ2) is 9.55. The molecule has 2 N–H and O–H groups in total. The Morgan fingerprint density at radius 1 is 1.44 bits per heavy atom. The molecule has 0 saturated carbocycles. The first-order chi connectivity index (χ1) is 8.17. The summed E-state index contributed by atoms with van der Waals surface area (Å²) in [6.07, 6.45) is 1.09. The Morgan fingerprint density at radius 3 is 2.67 bits per heavy atom. The molecule has 0 saturated heterocycles. The van der Waals surface area contributed by atoms with Crippen LogP contribution in [0.3, 0.4) is 0 Å². The maximum atomic E-state index is 4.57. The highest BCUT2D eigenvalue weighted by molar-refractivity contribution is 14.0. The zero-order valence-corrected chi connectivity index (χ0v) is 14.6. The van der Waals surface area contributed by atoms with Gasteiger partial charge in [0.1, 0.15) is 0 Å². The van der Waals surface area contributed by atoms with Gasteiger partial charge in [0, 0.05) is 24.9 Å². The van der Waals surface area contributed by atoms with E-state index in [-0.39, 0.29) is 24.0 Å². The van der Waals surface area contributed by atoms with Crippen LogP contribution in [-0.4, -0.2) is 24.5 Å². The van der Waals surface area contributed by atoms with E-state index in [9.17, 15) is 0 Å². The first-order valence-corrected chi connectivity index (χ1v) is 6.94. The summed E-state index contributed by atoms with van der Waals surface area (Å²) < 4.78 is 0. The smallest absolute Gasteiger partial charge is 0.191 e. The van der Waals surface area contributed by atoms with Crippen LogP contribution in [0.15, 0.2) is 10.4 Å². The lowest BCUT2D eigenvalue weighted by Crippen LogP contribution is -2.37. The van der Waals surface area contributed by atoms with Crippen LogP contribution in [0.25, 0.3) is 0 Å². The highest BCUT2D eigenvalue weighted by Gasteiger charge is 2.06. The summed E-state index contributed by atoms with van der Waals surface area (Å²) in [4.78, 5) is 8.72. The van der Waals surface area contributed by atoms with Crippen molar-refractivity contribution in [3.63, 3.8) is 0 Å². The summed E-state index contributed by atoms with van der Waals surface area (Å²) in [5, 5.41) is 9.79. The number of aliphatic imine (C=N–C) groups is 1. The third-order valence-corrected chi connectivity index (χ3v) is 3.46. The minimum atomic E-state index is 0. The van der Waals surface area contributed by atoms with Crippen LogP contribution < -0.4 is 10.6 Å². The van der Waals surface area contributed by atoms with Gasteiger partial charge in [-0.3, -0.25) is 4.99 Å². The minimum Gasteiger partial charge on any atom is -0.356 e. The average molecular weight is 382 g/mol. The molecule has 0 aliphatic carbocycles. The fourth-order valence-corrected chi connectivity index (χ4v) is 2.14. The summed E-state index contributed by atoms with van der Waals surface area (Å²) in [7, 11) is 1.78. The second-order valence-corrected chi connectivity index (χ2v) is 5.07. The molecule has 0 amide bonds. The summed E-state index contributed by atoms with van der Waals surface area (Å²) >= 11 is 1.72. The van der Waals surface area contributed by atoms with Gasteiger partial charge >= 0.3 is 0 Å². The molecule has 0 radical (unpaired) electrons. The van der Waals surface area contributed by atoms with Crippen molar-refractivity contribution in [2.75, 3.05) is 13.6 Å². The van der Waals surface area contributed by atoms with Crippen LogP contribution in [0.1, 0.15) is 43.8 Å². The van der Waals surface area contributed by atoms with Gasteiger partial charge in [0.25, 0.3) is 0 Å². The molecule has 0 aliphatic rings. The van der Waals surface area contributed by atoms with Crippen molar-refractivity contribution in [2.24, 2.45) is 4.99 Å². The fourth-order valence-electron chi connectivity index (χ4n) is 1.31. The molecule has 0 unspecified atom stereocenters. The van der Waals surface area contributed by atoms with Gasteiger partial charge in [-0.2, -0.15) is 0 Å². The Morgan fingerprint density at radius 2 is 2.17 bits per heavy atom. The van der Waals surface area contributed by atoms with E-state index >= 15 is 0 Å². The van der Waals surface area contributed by atoms with E-state index in [0.717, 1.165) is 31.2 Å². The largest absolute Gasteiger partial charge is 0.356 e. The summed E-state index contributed by atoms with van der Waals surface area (Å²) in [5.41, 5.74) is 1.08. The molecule has 0 aliphatic heterocycles. The van der Waals surface area contributed by atoms with E-state index in [0.29, 0.717) is 5.92 Å². The Kier molecular flexibility index (Phi) is 9.35. The van der Waals surface area contributed by atoms with E-state index in [4.69, 9.17) is 0 Å². The van der Waals surface area contributed by atoms with Crippen molar-refractivity contribution in [1.29, 1.82) is 0 Å². The van der Waals surface area contributed by atoms with Gasteiger partial charge in [-0.1, -0.05) is 20.8 Å². The number of hydrogen-bond donors (Lipinski definition) is 2. The molecule has 0 bridgehead atoms. The molecule has 0 fully saturated rings. The van der Waals surface area contributed by atoms with Crippen LogP contribution in [-0.2, 0) is 6.54 Å². The summed E-state index contributed by atoms with van der Waals surface area (Å²) in [6.45, 7) is 8.13. The zero-order chi connectivity index (χ0) is 12.7. The van der Waals surface area contributed by atoms with E-state index in [1.165, 1.54) is 5.01 Å². The number of thiazole rings is 1. The first-order valence-electron chi connectivity index (χ1n) is 6.06. The van der Waals surface area contributed by atoms with Crippen LogP contribution in [0, 0.1) is 0 Å². The van der Waals surface area contributed by atoms with Gasteiger partial charge in [-0.05, 0) is 6.42 Å². The molecular formula is C12H23IN4S. The van der Waals surface area contributed by atoms with Gasteiger partial charge in [-0.25, -0.2) is 4.98 Å². The summed E-state index contributed by atoms with van der Waals surface area (Å²) in [5.74, 6) is 1.34. The van der Waals surface area contributed by atoms with Gasteiger partial charge in [-0.15, -0.1) is 35.3 Å². The van der Waals surface area contributed by atoms with Crippen LogP contribution in [0.4, 0.5) is 0 Å². The standard InChI is InChI=1S/C12H22N4S.HI/c1-5-6-14-12(13-4)15-7-10-8-17-11(16-10)9(2)3;/h8-9H,5-7H2,1-4H3,(H2,13,14,15);1H. The molecule has 6 heteroatoms. The highest BCUT2D eigenvalue weighted by Crippen LogP contribution is 2.18. The molecule has 18 heavy (non-hydrogen) atoms. The first kappa shape index (κ1) is 17.6. The van der Waals surface area contributed by atoms with Crippen molar-refractivity contribution in [3.05, 3.63) is 16.1 Å². The predicted molar refractivity (Wildman–Crippen MR) is 90.1 cm³/mol. The number of aromatic nitrogens is 1. The number of nitrogens with zero attached hydrogens (tertiary/aromatic N) is 2. The maximum Gasteiger partial charge on any atom is 0.191 e. The predicted octanol–water partition coefficient (Wildman–Crippen LogP) is 2.96. The zero-order valence-electron chi connectivity index (χ0n) is 11.5. The number of halogens is 1. The maximum absolute atomic E-state index is 4.57. The number of guanidine groups is 1. The molecule has 0 atom stereocenters. The van der Waals surface area contributed by atoms with Crippen molar-refractivity contribution < 1.29 is 0 Å². The van der Waals surface area contributed by atoms with Gasteiger partial charge in [0.05, 0.1) is 17.2 Å². The van der Waals surface area contributed by atoms with Crippen molar-refractivity contribution in [2.45, 2.75) is 39.7 Å². The Hall–Kier alpha value is -0.370. The Bertz CT molecular complexity index is 363. The molecular weight excluding hydrogens is 359 g/mol. The molecule has 1 aromatic heterocycles. The second-order valence-electron chi connectivity index (χ2n) is 4.18. The highest BCUT2D eigenvalue weighted by atomic mass is 127. The third-order valence-electron chi connectivity index (χ3n) is 2.27. The van der Waals surface area contributed by atoms with Crippen LogP contribution >= 0.6 is 35.3 Å². The number of nitrogens with one attached hydrogen (secondary N) is 2. The van der Waals surface area contributed by atoms with E-state index in [1.54, 1.807) is 18.4 Å². The van der Waals surface area contributed by atoms with Crippen LogP contribution in [0.2, 0.25) is 0 Å². The van der Waals surface area contributed by atoms with E-state index in [2.05, 4.69) is 46.8 Å². The molecule has 0 aromatic carbocycles. The van der Waals surface area contributed by atoms with Crippen molar-refractivity contribution >= 4 is 41.3 Å². The van der Waals surface area contributed by atoms with Crippen molar-refractivity contribution in [3.8, 4) is 0 Å².